The van der Waals surface area contributed by atoms with Crippen molar-refractivity contribution in [2.45, 2.75) is 59.2 Å². The molecule has 0 radical (unpaired) electrons. The maximum absolute atomic E-state index is 12.6. The minimum Gasteiger partial charge on any atom is -0.494 e. The molecule has 660 valence electrons. The summed E-state index contributed by atoms with van der Waals surface area (Å²) >= 11 is 4.94. The van der Waals surface area contributed by atoms with E-state index in [1.807, 2.05) is 190 Å². The summed E-state index contributed by atoms with van der Waals surface area (Å²) in [6, 6.07) is 47.2. The van der Waals surface area contributed by atoms with Gasteiger partial charge in [-0.1, -0.05) is 111 Å². The number of carbonyl (C=O) groups excluding carboxylic acids is 3. The van der Waals surface area contributed by atoms with E-state index in [4.69, 9.17) is 76.0 Å². The van der Waals surface area contributed by atoms with Crippen LogP contribution in [-0.2, 0) is 48.2 Å². The number of amides is 2. The zero-order valence-corrected chi connectivity index (χ0v) is 74.0. The average molecular weight is 1730 g/mol. The van der Waals surface area contributed by atoms with E-state index in [1.54, 1.807) is 60.0 Å². The fourth-order valence-corrected chi connectivity index (χ4v) is 14.4. The summed E-state index contributed by atoms with van der Waals surface area (Å²) in [5.74, 6) is 4.52. The standard InChI is InChI=1S/C31H38N8O3.C30H34N8O3.C27H32N8O2.C4H7ClO/c1-5-9-29(40)33-24-18-25(27(41-4)19-26(24)38-14-16-42-17-15-38)34-31-32-13-12-28(35-31)39-21-23(20-37(2)3)30(36-39)22-10-7-6-8-11-22;1-5-28(39)32-23-17-24(26(40-4)18-25(23)37-13-15-41-16-14-37)33-30-31-12-11-27(34-30)38-20-22(19-36(2)3)29(35-38)21-9-7-6-8-10-21;1-33(2)17-20-18-35(32-26(20)19-7-5-4-6-8-19)25-9-10-29-27(31-25)30-22-15-21(28)23(16-24(22)36-3)34-11-13-37-14-12-34;1-2-3-4(5)6/h6-8,10-13,18-19,21H,5,9,14-17,20H2,1-4H3,(H,33,40)(H,32,34,35);5-12,17-18,20H,1,13-16,19H2,2-4H3,(H,32,39)(H,31,33,34);4-10,15-16,18H,11-14,17,28H2,1-3H3,(H,29,30,31);2-3H2,1H3. The summed E-state index contributed by atoms with van der Waals surface area (Å²) in [4.78, 5) is 75.2. The van der Waals surface area contributed by atoms with E-state index in [0.29, 0.717) is 152 Å². The number of carbonyl (C=O) groups is 3. The first kappa shape index (κ1) is 91.8. The third-order valence-electron chi connectivity index (χ3n) is 20.0. The first-order valence-corrected chi connectivity index (χ1v) is 42.0. The van der Waals surface area contributed by atoms with Gasteiger partial charge in [-0.3, -0.25) is 14.4 Å². The van der Waals surface area contributed by atoms with Crippen LogP contribution in [0.5, 0.6) is 17.2 Å². The van der Waals surface area contributed by atoms with Gasteiger partial charge in [-0.15, -0.1) is 0 Å². The Morgan fingerprint density at radius 3 is 1.09 bits per heavy atom. The molecule has 0 atom stereocenters. The number of hydrogen-bond donors (Lipinski definition) is 6. The molecule has 3 fully saturated rings. The van der Waals surface area contributed by atoms with E-state index >= 15 is 0 Å². The number of nitrogens with one attached hydrogen (secondary N) is 5. The van der Waals surface area contributed by atoms with Gasteiger partial charge >= 0.3 is 0 Å². The third kappa shape index (κ3) is 25.0. The fourth-order valence-electron chi connectivity index (χ4n) is 14.2. The van der Waals surface area contributed by atoms with Gasteiger partial charge in [0.2, 0.25) is 34.9 Å². The van der Waals surface area contributed by atoms with Gasteiger partial charge in [0.05, 0.1) is 129 Å². The third-order valence-corrected chi connectivity index (χ3v) is 20.2. The SMILES string of the molecule is C=CC(=O)Nc1cc(Nc2nccc(-n3cc(CN(C)C)c(-c4ccccc4)n3)n2)c(OC)cc1N1CCOCC1.CCCC(=O)Cl.CCCC(=O)Nc1cc(Nc2nccc(-n3cc(CN(C)C)c(-c4ccccc4)n3)n2)c(OC)cc1N1CCOCC1.COc1cc(N2CCOCC2)c(N)cc1Nc1nccc(-n2cc(CN(C)C)c(-c3ccccc3)n2)n1. The van der Waals surface area contributed by atoms with Crippen LogP contribution in [0.15, 0.2) is 195 Å². The Labute approximate surface area is 739 Å². The summed E-state index contributed by atoms with van der Waals surface area (Å²) < 4.78 is 39.0. The van der Waals surface area contributed by atoms with Crippen LogP contribution in [0.25, 0.3) is 51.2 Å². The Morgan fingerprint density at radius 2 is 0.778 bits per heavy atom. The molecule has 0 unspecified atom stereocenters. The second-order valence-corrected chi connectivity index (χ2v) is 30.8. The van der Waals surface area contributed by atoms with Crippen molar-refractivity contribution in [1.82, 2.24) is 73.9 Å². The normalized spacial score (nSPS) is 13.2. The van der Waals surface area contributed by atoms with Crippen LogP contribution in [0.2, 0.25) is 0 Å². The highest BCUT2D eigenvalue weighted by Gasteiger charge is 2.26. The van der Waals surface area contributed by atoms with Gasteiger partial charge in [0.25, 0.3) is 0 Å². The molecule has 0 aliphatic carbocycles. The predicted molar refractivity (Wildman–Crippen MR) is 496 cm³/mol. The van der Waals surface area contributed by atoms with E-state index in [-0.39, 0.29) is 17.1 Å². The highest BCUT2D eigenvalue weighted by Crippen LogP contribution is 2.42. The van der Waals surface area contributed by atoms with Crippen LogP contribution >= 0.6 is 11.6 Å². The Kier molecular flexibility index (Phi) is 33.0. The molecule has 15 rings (SSSR count). The number of nitrogens with zero attached hydrogens (tertiary/aromatic N) is 18. The number of benzene rings is 6. The minimum absolute atomic E-state index is 0.0391. The monoisotopic (exact) mass is 1730 g/mol. The number of ether oxygens (including phenoxy) is 6. The van der Waals surface area contributed by atoms with Gasteiger partial charge in [0, 0.05) is 179 Å². The molecule has 6 aromatic carbocycles. The highest BCUT2D eigenvalue weighted by molar-refractivity contribution is 6.63. The minimum atomic E-state index is -0.310. The molecular formula is C92H111ClN24O9. The summed E-state index contributed by atoms with van der Waals surface area (Å²) in [5, 5.41) is 30.3. The van der Waals surface area contributed by atoms with Crippen molar-refractivity contribution in [3.05, 3.63) is 212 Å². The Hall–Kier alpha value is -13.4. The first-order chi connectivity index (χ1) is 61.2. The lowest BCUT2D eigenvalue weighted by atomic mass is 10.1. The number of anilines is 12. The van der Waals surface area contributed by atoms with Gasteiger partial charge in [0.15, 0.2) is 17.5 Å². The number of nitrogens with two attached hydrogens (primary N) is 1. The van der Waals surface area contributed by atoms with Crippen LogP contribution in [0.1, 0.15) is 56.2 Å². The molecule has 3 aliphatic heterocycles. The second kappa shape index (κ2) is 45.3. The quantitative estimate of drug-likeness (QED) is 0.0133. The van der Waals surface area contributed by atoms with E-state index in [1.165, 1.54) is 6.08 Å². The summed E-state index contributed by atoms with van der Waals surface area (Å²) in [5.41, 5.74) is 22.1. The van der Waals surface area contributed by atoms with Crippen LogP contribution in [0.3, 0.4) is 0 Å². The van der Waals surface area contributed by atoms with Gasteiger partial charge in [-0.2, -0.15) is 30.2 Å². The summed E-state index contributed by atoms with van der Waals surface area (Å²) in [6.07, 6.45) is 14.9. The number of rotatable bonds is 31. The number of nitrogen functional groups attached to an aromatic ring is 1. The van der Waals surface area contributed by atoms with Crippen molar-refractivity contribution in [3.63, 3.8) is 0 Å². The van der Waals surface area contributed by atoms with E-state index in [0.717, 1.165) is 126 Å². The maximum atomic E-state index is 12.6. The van der Waals surface area contributed by atoms with Crippen LogP contribution < -0.4 is 61.2 Å². The van der Waals surface area contributed by atoms with E-state index in [2.05, 4.69) is 102 Å². The fraction of sp³-hybridized carbons (Fsp3) is 0.326. The van der Waals surface area contributed by atoms with E-state index in [9.17, 15) is 14.4 Å². The molecule has 126 heavy (non-hydrogen) atoms. The van der Waals surface area contributed by atoms with Gasteiger partial charge in [-0.05, 0) is 91.0 Å². The zero-order valence-electron chi connectivity index (χ0n) is 73.2. The van der Waals surface area contributed by atoms with Crippen LogP contribution in [-0.4, -0.2) is 234 Å². The Bertz CT molecular complexity index is 5580. The highest BCUT2D eigenvalue weighted by atomic mass is 35.5. The number of halogens is 1. The zero-order chi connectivity index (χ0) is 89.0. The lowest BCUT2D eigenvalue weighted by Gasteiger charge is -2.31. The summed E-state index contributed by atoms with van der Waals surface area (Å²) in [6.45, 7) is 17.9. The Balaban J connectivity index is 0.000000166. The van der Waals surface area contributed by atoms with Crippen molar-refractivity contribution in [3.8, 4) is 68.5 Å². The van der Waals surface area contributed by atoms with Crippen LogP contribution in [0, 0.1) is 0 Å². The predicted octanol–water partition coefficient (Wildman–Crippen LogP) is 13.9. The van der Waals surface area contributed by atoms with Crippen molar-refractivity contribution in [2.75, 3.05) is 190 Å². The van der Waals surface area contributed by atoms with Crippen molar-refractivity contribution < 1.29 is 42.8 Å². The molecule has 6 aromatic heterocycles. The topological polar surface area (TPSA) is 343 Å². The van der Waals surface area contributed by atoms with Gasteiger partial charge in [-0.25, -0.2) is 29.0 Å². The number of aromatic nitrogens is 12. The lowest BCUT2D eigenvalue weighted by molar-refractivity contribution is -0.116. The maximum Gasteiger partial charge on any atom is 0.247 e. The number of hydrogen-bond acceptors (Lipinski definition) is 28. The number of morpholine rings is 3. The van der Waals surface area contributed by atoms with Crippen molar-refractivity contribution in [1.29, 1.82) is 0 Å². The molecule has 0 bridgehead atoms. The van der Waals surface area contributed by atoms with Gasteiger partial charge < -0.3 is 90.1 Å². The first-order valence-electron chi connectivity index (χ1n) is 41.7. The molecule has 0 spiro atoms. The van der Waals surface area contributed by atoms with Crippen molar-refractivity contribution >= 4 is 97.7 Å². The molecule has 33 nitrogen and oxygen atoms in total. The van der Waals surface area contributed by atoms with Crippen molar-refractivity contribution in [2.24, 2.45) is 0 Å². The second-order valence-electron chi connectivity index (χ2n) is 30.4. The molecule has 3 saturated heterocycles. The molecule has 2 amide bonds. The van der Waals surface area contributed by atoms with E-state index < -0.39 is 0 Å². The molecule has 0 saturated carbocycles. The molecule has 34 heteroatoms. The largest absolute Gasteiger partial charge is 0.494 e. The number of methoxy groups -OCH3 is 3. The smallest absolute Gasteiger partial charge is 0.247 e. The lowest BCUT2D eigenvalue weighted by Crippen LogP contribution is -2.36. The molecular weight excluding hydrogens is 1620 g/mol. The van der Waals surface area contributed by atoms with Crippen LogP contribution in [0.4, 0.5) is 69.0 Å². The summed E-state index contributed by atoms with van der Waals surface area (Å²) in [7, 11) is 17.1. The molecule has 9 heterocycles. The Morgan fingerprint density at radius 1 is 0.452 bits per heavy atom. The molecule has 7 N–H and O–H groups in total. The van der Waals surface area contributed by atoms with Gasteiger partial charge in [0.1, 0.15) is 17.2 Å². The molecule has 3 aliphatic rings. The average Bonchev–Trinajstić information content (AvgIpc) is 1.11. The molecule has 12 aromatic rings.